The van der Waals surface area contributed by atoms with Gasteiger partial charge >= 0.3 is 0 Å². The monoisotopic (exact) mass is 442 g/mol. The molecule has 132 valence electrons. The molecule has 2 aliphatic carbocycles. The summed E-state index contributed by atoms with van der Waals surface area (Å²) in [5.74, 6) is 0.827. The zero-order chi connectivity index (χ0) is 16.1. The van der Waals surface area contributed by atoms with Crippen molar-refractivity contribution in [3.63, 3.8) is 0 Å². The number of anilines is 1. The van der Waals surface area contributed by atoms with Gasteiger partial charge in [-0.1, -0.05) is 31.4 Å². The lowest BCUT2D eigenvalue weighted by molar-refractivity contribution is -0.120. The van der Waals surface area contributed by atoms with Crippen molar-refractivity contribution in [3.05, 3.63) is 29.8 Å². The standard InChI is InChI=1S/C18H26N4O.HI/c19-18(22-15-9-10-15)20-12-13-5-4-8-16(11-13)21-17(23)14-6-2-1-3-7-14;/h4-5,8,11,14-15H,1-3,6-7,9-10,12H2,(H,21,23)(H3,19,20,22);1H. The molecule has 5 nitrogen and oxygen atoms in total. The van der Waals surface area contributed by atoms with Crippen LogP contribution in [0, 0.1) is 5.92 Å². The summed E-state index contributed by atoms with van der Waals surface area (Å²) in [6.07, 6.45) is 7.98. The summed E-state index contributed by atoms with van der Waals surface area (Å²) in [4.78, 5) is 16.7. The third-order valence-corrected chi connectivity index (χ3v) is 4.53. The molecular formula is C18H27IN4O. The molecule has 1 aromatic rings. The first-order chi connectivity index (χ1) is 11.2. The summed E-state index contributed by atoms with van der Waals surface area (Å²) < 4.78 is 0. The first-order valence-corrected chi connectivity index (χ1v) is 8.67. The number of benzene rings is 1. The molecular weight excluding hydrogens is 415 g/mol. The molecule has 0 heterocycles. The summed E-state index contributed by atoms with van der Waals surface area (Å²) >= 11 is 0. The number of halogens is 1. The zero-order valence-corrected chi connectivity index (χ0v) is 16.3. The fraction of sp³-hybridized carbons (Fsp3) is 0.556. The minimum absolute atomic E-state index is 0. The summed E-state index contributed by atoms with van der Waals surface area (Å²) in [7, 11) is 0. The van der Waals surface area contributed by atoms with Crippen molar-refractivity contribution in [1.82, 2.24) is 5.32 Å². The fourth-order valence-corrected chi connectivity index (χ4v) is 3.02. The lowest BCUT2D eigenvalue weighted by Crippen LogP contribution is -2.33. The van der Waals surface area contributed by atoms with Gasteiger partial charge in [-0.2, -0.15) is 0 Å². The highest BCUT2D eigenvalue weighted by molar-refractivity contribution is 14.0. The second kappa shape index (κ2) is 9.25. The third-order valence-electron chi connectivity index (χ3n) is 4.53. The highest BCUT2D eigenvalue weighted by atomic mass is 127. The Morgan fingerprint density at radius 2 is 1.92 bits per heavy atom. The van der Waals surface area contributed by atoms with E-state index < -0.39 is 0 Å². The Bertz CT molecular complexity index is 580. The van der Waals surface area contributed by atoms with Crippen LogP contribution in [0.3, 0.4) is 0 Å². The van der Waals surface area contributed by atoms with Crippen molar-refractivity contribution in [3.8, 4) is 0 Å². The average Bonchev–Trinajstić information content (AvgIpc) is 3.38. The number of rotatable bonds is 5. The van der Waals surface area contributed by atoms with Crippen molar-refractivity contribution in [2.75, 3.05) is 5.32 Å². The lowest BCUT2D eigenvalue weighted by Gasteiger charge is -2.20. The smallest absolute Gasteiger partial charge is 0.227 e. The summed E-state index contributed by atoms with van der Waals surface area (Å²) in [6.45, 7) is 0.526. The maximum absolute atomic E-state index is 12.3. The molecule has 1 aromatic carbocycles. The van der Waals surface area contributed by atoms with Crippen LogP contribution in [0.2, 0.25) is 0 Å². The van der Waals surface area contributed by atoms with E-state index in [1.54, 1.807) is 0 Å². The van der Waals surface area contributed by atoms with Gasteiger partial charge in [0.1, 0.15) is 0 Å². The summed E-state index contributed by atoms with van der Waals surface area (Å²) in [6, 6.07) is 8.38. The number of nitrogens with two attached hydrogens (primary N) is 1. The Kier molecular flexibility index (Phi) is 7.33. The van der Waals surface area contributed by atoms with Gasteiger partial charge in [-0.05, 0) is 43.4 Å². The van der Waals surface area contributed by atoms with Crippen LogP contribution in [0.15, 0.2) is 29.3 Å². The van der Waals surface area contributed by atoms with Gasteiger partial charge < -0.3 is 16.4 Å². The van der Waals surface area contributed by atoms with Crippen molar-refractivity contribution in [2.45, 2.75) is 57.5 Å². The molecule has 0 aliphatic heterocycles. The van der Waals surface area contributed by atoms with Crippen LogP contribution >= 0.6 is 24.0 Å². The molecule has 0 bridgehead atoms. The van der Waals surface area contributed by atoms with E-state index >= 15 is 0 Å². The second-order valence-electron chi connectivity index (χ2n) is 6.64. The fourth-order valence-electron chi connectivity index (χ4n) is 3.02. The first-order valence-electron chi connectivity index (χ1n) is 8.67. The molecule has 6 heteroatoms. The average molecular weight is 442 g/mol. The molecule has 1 amide bonds. The molecule has 24 heavy (non-hydrogen) atoms. The van der Waals surface area contributed by atoms with Crippen molar-refractivity contribution < 1.29 is 4.79 Å². The molecule has 0 saturated heterocycles. The van der Waals surface area contributed by atoms with Gasteiger partial charge in [-0.25, -0.2) is 4.99 Å². The van der Waals surface area contributed by atoms with Gasteiger partial charge in [-0.3, -0.25) is 4.79 Å². The largest absolute Gasteiger partial charge is 0.370 e. The molecule has 3 rings (SSSR count). The quantitative estimate of drug-likeness (QED) is 0.372. The number of nitrogens with one attached hydrogen (secondary N) is 2. The van der Waals surface area contributed by atoms with E-state index in [0.717, 1.165) is 24.1 Å². The normalized spacial score (nSPS) is 18.6. The Hall–Kier alpha value is -1.31. The van der Waals surface area contributed by atoms with Crippen LogP contribution in [0.4, 0.5) is 5.69 Å². The number of hydrogen-bond donors (Lipinski definition) is 3. The lowest BCUT2D eigenvalue weighted by atomic mass is 9.88. The molecule has 0 aromatic heterocycles. The first kappa shape index (κ1) is 19.0. The number of nitrogens with zero attached hydrogens (tertiary/aromatic N) is 1. The maximum Gasteiger partial charge on any atom is 0.227 e. The predicted octanol–water partition coefficient (Wildman–Crippen LogP) is 3.39. The minimum atomic E-state index is 0. The highest BCUT2D eigenvalue weighted by Gasteiger charge is 2.22. The number of carbonyl (C=O) groups excluding carboxylic acids is 1. The van der Waals surface area contributed by atoms with Crippen LogP contribution in [0.25, 0.3) is 0 Å². The summed E-state index contributed by atoms with van der Waals surface area (Å²) in [5.41, 5.74) is 7.75. The third kappa shape index (κ3) is 5.96. The Morgan fingerprint density at radius 3 is 2.62 bits per heavy atom. The molecule has 0 atom stereocenters. The Morgan fingerprint density at radius 1 is 1.17 bits per heavy atom. The van der Waals surface area contributed by atoms with Gasteiger partial charge in [0, 0.05) is 17.6 Å². The van der Waals surface area contributed by atoms with Crippen molar-refractivity contribution in [2.24, 2.45) is 16.6 Å². The molecule has 2 fully saturated rings. The minimum Gasteiger partial charge on any atom is -0.370 e. The van der Waals surface area contributed by atoms with Crippen LogP contribution < -0.4 is 16.4 Å². The number of aliphatic imine (C=N–C) groups is 1. The van der Waals surface area contributed by atoms with Crippen LogP contribution in [-0.2, 0) is 11.3 Å². The van der Waals surface area contributed by atoms with E-state index in [0.29, 0.717) is 18.5 Å². The number of hydrogen-bond acceptors (Lipinski definition) is 2. The van der Waals surface area contributed by atoms with E-state index in [1.165, 1.54) is 32.1 Å². The van der Waals surface area contributed by atoms with Crippen molar-refractivity contribution in [1.29, 1.82) is 0 Å². The van der Waals surface area contributed by atoms with Crippen LogP contribution in [0.5, 0.6) is 0 Å². The van der Waals surface area contributed by atoms with Gasteiger partial charge in [0.2, 0.25) is 5.91 Å². The topological polar surface area (TPSA) is 79.5 Å². The SMILES string of the molecule is I.NC(=NCc1cccc(NC(=O)C2CCCCC2)c1)NC1CC1. The van der Waals surface area contributed by atoms with E-state index in [4.69, 9.17) is 5.73 Å². The van der Waals surface area contributed by atoms with Gasteiger partial charge in [0.25, 0.3) is 0 Å². The molecule has 0 radical (unpaired) electrons. The second-order valence-corrected chi connectivity index (χ2v) is 6.64. The number of carbonyl (C=O) groups is 1. The van der Waals surface area contributed by atoms with Gasteiger partial charge in [0.15, 0.2) is 5.96 Å². The van der Waals surface area contributed by atoms with E-state index in [9.17, 15) is 4.79 Å². The van der Waals surface area contributed by atoms with Gasteiger partial charge in [0.05, 0.1) is 6.54 Å². The van der Waals surface area contributed by atoms with E-state index in [1.807, 2.05) is 24.3 Å². The van der Waals surface area contributed by atoms with Crippen LogP contribution in [0.1, 0.15) is 50.5 Å². The molecule has 2 saturated carbocycles. The van der Waals surface area contributed by atoms with Crippen molar-refractivity contribution >= 4 is 41.5 Å². The van der Waals surface area contributed by atoms with E-state index in [-0.39, 0.29) is 35.8 Å². The molecule has 4 N–H and O–H groups in total. The highest BCUT2D eigenvalue weighted by Crippen LogP contribution is 2.25. The zero-order valence-electron chi connectivity index (χ0n) is 14.0. The maximum atomic E-state index is 12.3. The van der Waals surface area contributed by atoms with Gasteiger partial charge in [-0.15, -0.1) is 24.0 Å². The molecule has 0 unspecified atom stereocenters. The molecule has 0 spiro atoms. The van der Waals surface area contributed by atoms with Crippen LogP contribution in [-0.4, -0.2) is 17.9 Å². The Labute approximate surface area is 160 Å². The number of guanidine groups is 1. The van der Waals surface area contributed by atoms with E-state index in [2.05, 4.69) is 15.6 Å². The summed E-state index contributed by atoms with van der Waals surface area (Å²) in [5, 5.41) is 6.22. The predicted molar refractivity (Wildman–Crippen MR) is 109 cm³/mol. The Balaban J connectivity index is 0.00000208. The number of amides is 1. The molecule has 2 aliphatic rings.